The summed E-state index contributed by atoms with van der Waals surface area (Å²) in [6, 6.07) is 1.08. The Morgan fingerprint density at radius 1 is 1.14 bits per heavy atom. The highest BCUT2D eigenvalue weighted by molar-refractivity contribution is 6.71. The molecule has 0 aliphatic carbocycles. The van der Waals surface area contributed by atoms with Crippen LogP contribution in [-0.4, -0.2) is 43.9 Å². The zero-order valence-corrected chi connectivity index (χ0v) is 18.4. The summed E-state index contributed by atoms with van der Waals surface area (Å²) in [7, 11) is -2.94. The van der Waals surface area contributed by atoms with Gasteiger partial charge in [-0.25, -0.2) is 4.79 Å². The Morgan fingerprint density at radius 2 is 1.57 bits per heavy atom. The minimum absolute atomic E-state index is 0.0463. The Bertz CT molecular complexity index is 355. The lowest BCUT2D eigenvalue weighted by Crippen LogP contribution is -2.52. The number of carbonyl (C=O) groups is 1. The van der Waals surface area contributed by atoms with Gasteiger partial charge in [-0.1, -0.05) is 19.0 Å². The molecule has 0 aliphatic rings. The standard InChI is InChI=1S/C13H30O5Si3/c1-11(12(14)16-15)13(9-8-10-19,17-20(2,3)4)18-21(5,6)7/h15H,1,8-10H2,2-7,19H3. The molecule has 0 atom stereocenters. The molecule has 0 amide bonds. The van der Waals surface area contributed by atoms with Crippen LogP contribution in [0.4, 0.5) is 0 Å². The van der Waals surface area contributed by atoms with Gasteiger partial charge in [0.2, 0.25) is 0 Å². The van der Waals surface area contributed by atoms with Crippen LogP contribution in [0.15, 0.2) is 12.2 Å². The SMILES string of the molecule is C=C(C(=O)OO)C(CCC[SiH3])(O[Si](C)(C)C)O[Si](C)(C)C. The molecule has 0 bridgehead atoms. The maximum atomic E-state index is 11.8. The molecule has 21 heavy (non-hydrogen) atoms. The summed E-state index contributed by atoms with van der Waals surface area (Å²) < 4.78 is 12.5. The van der Waals surface area contributed by atoms with Crippen molar-refractivity contribution >= 4 is 32.8 Å². The molecule has 0 aliphatic heterocycles. The van der Waals surface area contributed by atoms with Gasteiger partial charge in [-0.3, -0.25) is 4.89 Å². The van der Waals surface area contributed by atoms with Crippen molar-refractivity contribution in [2.24, 2.45) is 0 Å². The van der Waals surface area contributed by atoms with Gasteiger partial charge in [0.25, 0.3) is 0 Å². The second-order valence-corrected chi connectivity index (χ2v) is 17.0. The van der Waals surface area contributed by atoms with Crippen LogP contribution in [0.2, 0.25) is 45.3 Å². The van der Waals surface area contributed by atoms with Crippen molar-refractivity contribution in [1.82, 2.24) is 0 Å². The van der Waals surface area contributed by atoms with Crippen LogP contribution in [0.3, 0.4) is 0 Å². The number of hydrogen-bond donors (Lipinski definition) is 1. The Balaban J connectivity index is 5.70. The van der Waals surface area contributed by atoms with Gasteiger partial charge in [-0.2, -0.15) is 5.26 Å². The predicted octanol–water partition coefficient (Wildman–Crippen LogP) is 2.52. The third kappa shape index (κ3) is 7.52. The van der Waals surface area contributed by atoms with Crippen molar-refractivity contribution in [2.75, 3.05) is 0 Å². The van der Waals surface area contributed by atoms with Gasteiger partial charge < -0.3 is 8.85 Å². The van der Waals surface area contributed by atoms with E-state index < -0.39 is 28.4 Å². The van der Waals surface area contributed by atoms with Crippen molar-refractivity contribution in [2.45, 2.75) is 64.0 Å². The van der Waals surface area contributed by atoms with Gasteiger partial charge in [-0.05, 0) is 39.3 Å². The van der Waals surface area contributed by atoms with Crippen LogP contribution in [0.5, 0.6) is 0 Å². The highest BCUT2D eigenvalue weighted by atomic mass is 28.4. The zero-order valence-electron chi connectivity index (χ0n) is 14.4. The molecule has 0 saturated carbocycles. The van der Waals surface area contributed by atoms with Gasteiger partial charge in [-0.15, -0.1) is 0 Å². The Kier molecular flexibility index (Phi) is 7.74. The predicted molar refractivity (Wildman–Crippen MR) is 93.4 cm³/mol. The molecule has 0 unspecified atom stereocenters. The molecule has 0 radical (unpaired) electrons. The third-order valence-corrected chi connectivity index (χ3v) is 5.18. The lowest BCUT2D eigenvalue weighted by atomic mass is 10.0. The number of carbonyl (C=O) groups excluding carboxylic acids is 1. The third-order valence-electron chi connectivity index (χ3n) is 2.59. The van der Waals surface area contributed by atoms with E-state index in [1.165, 1.54) is 0 Å². The van der Waals surface area contributed by atoms with Gasteiger partial charge in [0.1, 0.15) is 0 Å². The summed E-state index contributed by atoms with van der Waals surface area (Å²) in [5.74, 6) is -2.07. The summed E-state index contributed by atoms with van der Waals surface area (Å²) in [6.45, 7) is 16.0. The van der Waals surface area contributed by atoms with Crippen molar-refractivity contribution in [3.8, 4) is 0 Å². The lowest BCUT2D eigenvalue weighted by Gasteiger charge is -2.43. The second-order valence-electron chi connectivity index (χ2n) is 7.14. The Labute approximate surface area is 133 Å². The minimum Gasteiger partial charge on any atom is -0.388 e. The van der Waals surface area contributed by atoms with Crippen LogP contribution in [0.25, 0.3) is 0 Å². The molecule has 0 aromatic carbocycles. The first kappa shape index (κ1) is 20.7. The maximum Gasteiger partial charge on any atom is 0.373 e. The molecular weight excluding hydrogens is 320 g/mol. The zero-order chi connectivity index (χ0) is 16.9. The Hall–Kier alpha value is -0.259. The van der Waals surface area contributed by atoms with E-state index in [9.17, 15) is 4.79 Å². The monoisotopic (exact) mass is 350 g/mol. The molecule has 8 heteroatoms. The fourth-order valence-electron chi connectivity index (χ4n) is 2.01. The number of rotatable bonds is 9. The lowest BCUT2D eigenvalue weighted by molar-refractivity contribution is -0.234. The molecule has 1 N–H and O–H groups in total. The summed E-state index contributed by atoms with van der Waals surface area (Å²) in [5, 5.41) is 8.70. The van der Waals surface area contributed by atoms with E-state index in [1.807, 2.05) is 39.3 Å². The van der Waals surface area contributed by atoms with Crippen LogP contribution in [0.1, 0.15) is 12.8 Å². The van der Waals surface area contributed by atoms with Crippen molar-refractivity contribution in [3.05, 3.63) is 12.2 Å². The van der Waals surface area contributed by atoms with Gasteiger partial charge in [0, 0.05) is 16.7 Å². The van der Waals surface area contributed by atoms with Crippen molar-refractivity contribution in [1.29, 1.82) is 0 Å². The molecule has 0 aromatic rings. The van der Waals surface area contributed by atoms with Crippen LogP contribution in [-0.2, 0) is 18.5 Å². The van der Waals surface area contributed by atoms with Crippen LogP contribution < -0.4 is 0 Å². The van der Waals surface area contributed by atoms with E-state index in [1.54, 1.807) is 0 Å². The molecule has 0 saturated heterocycles. The van der Waals surface area contributed by atoms with Crippen molar-refractivity contribution in [3.63, 3.8) is 0 Å². The van der Waals surface area contributed by atoms with Crippen LogP contribution >= 0.6 is 0 Å². The van der Waals surface area contributed by atoms with E-state index in [4.69, 9.17) is 14.1 Å². The summed E-state index contributed by atoms with van der Waals surface area (Å²) in [6.07, 6.45) is 1.44. The molecule has 5 nitrogen and oxygen atoms in total. The first-order valence-electron chi connectivity index (χ1n) is 7.32. The maximum absolute atomic E-state index is 11.8. The molecule has 0 rings (SSSR count). The normalized spacial score (nSPS) is 13.3. The van der Waals surface area contributed by atoms with E-state index in [2.05, 4.69) is 11.5 Å². The second kappa shape index (κ2) is 7.84. The summed E-state index contributed by atoms with van der Waals surface area (Å²) >= 11 is 0. The first-order chi connectivity index (χ1) is 9.37. The van der Waals surface area contributed by atoms with Gasteiger partial charge in [0.15, 0.2) is 22.4 Å². The quantitative estimate of drug-likeness (QED) is 0.228. The molecular formula is C13H30O5Si3. The molecule has 0 fully saturated rings. The van der Waals surface area contributed by atoms with E-state index in [-0.39, 0.29) is 5.57 Å². The topological polar surface area (TPSA) is 65.0 Å². The van der Waals surface area contributed by atoms with Gasteiger partial charge >= 0.3 is 5.97 Å². The molecule has 0 spiro atoms. The summed E-state index contributed by atoms with van der Waals surface area (Å²) in [5.41, 5.74) is 0.0463. The minimum atomic E-state index is -2.01. The van der Waals surface area contributed by atoms with E-state index in [0.29, 0.717) is 6.42 Å². The fourth-order valence-corrected chi connectivity index (χ4v) is 4.96. The number of hydrogen-bond acceptors (Lipinski definition) is 5. The average Bonchev–Trinajstić information content (AvgIpc) is 2.30. The highest BCUT2D eigenvalue weighted by Gasteiger charge is 2.45. The Morgan fingerprint density at radius 3 is 1.86 bits per heavy atom. The first-order valence-corrected chi connectivity index (χ1v) is 15.6. The van der Waals surface area contributed by atoms with E-state index in [0.717, 1.165) is 22.7 Å². The molecule has 0 heterocycles. The molecule has 0 aromatic heterocycles. The van der Waals surface area contributed by atoms with E-state index >= 15 is 0 Å². The fraction of sp³-hybridized carbons (Fsp3) is 0.769. The van der Waals surface area contributed by atoms with Crippen LogP contribution in [0, 0.1) is 0 Å². The van der Waals surface area contributed by atoms with Crippen molar-refractivity contribution < 1.29 is 23.8 Å². The molecule has 124 valence electrons. The average molecular weight is 351 g/mol. The van der Waals surface area contributed by atoms with Gasteiger partial charge in [0.05, 0.1) is 5.57 Å². The smallest absolute Gasteiger partial charge is 0.373 e. The largest absolute Gasteiger partial charge is 0.388 e. The highest BCUT2D eigenvalue weighted by Crippen LogP contribution is 2.35. The summed E-state index contributed by atoms with van der Waals surface area (Å²) in [4.78, 5) is 15.7.